The van der Waals surface area contributed by atoms with Gasteiger partial charge in [-0.3, -0.25) is 9.69 Å². The molecule has 0 aliphatic carbocycles. The number of morpholine rings is 1. The fraction of sp³-hybridized carbons (Fsp3) is 0.367. The van der Waals surface area contributed by atoms with Crippen LogP contribution in [0.5, 0.6) is 0 Å². The summed E-state index contributed by atoms with van der Waals surface area (Å²) < 4.78 is 35.9. The van der Waals surface area contributed by atoms with Gasteiger partial charge in [-0.05, 0) is 36.8 Å². The lowest BCUT2D eigenvalue weighted by Gasteiger charge is -2.26. The molecule has 11 heteroatoms. The Bertz CT molecular complexity index is 1530. The number of benzene rings is 2. The molecule has 2 aliphatic rings. The van der Waals surface area contributed by atoms with E-state index >= 15 is 0 Å². The Morgan fingerprint density at radius 1 is 1.02 bits per heavy atom. The van der Waals surface area contributed by atoms with Gasteiger partial charge in [0.1, 0.15) is 10.0 Å². The molecule has 0 unspecified atom stereocenters. The van der Waals surface area contributed by atoms with E-state index in [1.165, 1.54) is 28.9 Å². The first kappa shape index (κ1) is 29.7. The number of thiocarbonyl (C=S) groups is 1. The van der Waals surface area contributed by atoms with E-state index in [2.05, 4.69) is 6.92 Å². The number of carbonyl (C=O) groups is 1. The number of amides is 1. The molecule has 216 valence electrons. The average molecular weight is 611 g/mol. The maximum atomic E-state index is 13.4. The molecule has 8 nitrogen and oxygen atoms in total. The number of carbonyl (C=O) groups excluding carboxylic acids is 1. The van der Waals surface area contributed by atoms with E-state index in [-0.39, 0.29) is 10.8 Å². The van der Waals surface area contributed by atoms with Gasteiger partial charge in [0.05, 0.1) is 28.7 Å². The molecule has 2 fully saturated rings. The van der Waals surface area contributed by atoms with Crippen molar-refractivity contribution in [2.45, 2.75) is 43.9 Å². The van der Waals surface area contributed by atoms with Crippen LogP contribution in [0.25, 0.3) is 23.0 Å². The minimum absolute atomic E-state index is 0.0995. The zero-order valence-corrected chi connectivity index (χ0v) is 25.5. The first-order chi connectivity index (χ1) is 19.9. The lowest BCUT2D eigenvalue weighted by atomic mass is 10.1. The summed E-state index contributed by atoms with van der Waals surface area (Å²) in [6.07, 6.45) is 9.20. The maximum absolute atomic E-state index is 13.4. The molecule has 2 aromatic carbocycles. The summed E-state index contributed by atoms with van der Waals surface area (Å²) in [5.41, 5.74) is 2.78. The molecule has 0 atom stereocenters. The quantitative estimate of drug-likeness (QED) is 0.156. The van der Waals surface area contributed by atoms with E-state index in [4.69, 9.17) is 22.1 Å². The second kappa shape index (κ2) is 13.4. The summed E-state index contributed by atoms with van der Waals surface area (Å²) in [7, 11) is -3.69. The summed E-state index contributed by atoms with van der Waals surface area (Å²) in [4.78, 5) is 15.8. The minimum atomic E-state index is -3.69. The molecule has 3 heterocycles. The van der Waals surface area contributed by atoms with Crippen molar-refractivity contribution >= 4 is 50.3 Å². The first-order valence-electron chi connectivity index (χ1n) is 14.0. The third-order valence-corrected chi connectivity index (χ3v) is 10.4. The fourth-order valence-electron chi connectivity index (χ4n) is 4.88. The van der Waals surface area contributed by atoms with E-state index < -0.39 is 10.0 Å². The van der Waals surface area contributed by atoms with Crippen molar-refractivity contribution < 1.29 is 17.9 Å². The van der Waals surface area contributed by atoms with Gasteiger partial charge in [0.15, 0.2) is 0 Å². The highest BCUT2D eigenvalue weighted by Crippen LogP contribution is 2.35. The van der Waals surface area contributed by atoms with E-state index in [1.54, 1.807) is 27.8 Å². The fourth-order valence-corrected chi connectivity index (χ4v) is 7.63. The molecule has 1 amide bonds. The summed E-state index contributed by atoms with van der Waals surface area (Å²) in [6.45, 7) is 4.19. The second-order valence-corrected chi connectivity index (χ2v) is 13.6. The monoisotopic (exact) mass is 610 g/mol. The van der Waals surface area contributed by atoms with Gasteiger partial charge in [0.2, 0.25) is 10.0 Å². The van der Waals surface area contributed by atoms with Gasteiger partial charge in [-0.1, -0.05) is 86.9 Å². The predicted molar refractivity (Wildman–Crippen MR) is 167 cm³/mol. The van der Waals surface area contributed by atoms with E-state index in [9.17, 15) is 13.2 Å². The number of nitrogens with zero attached hydrogens (tertiary/aromatic N) is 4. The van der Waals surface area contributed by atoms with Gasteiger partial charge >= 0.3 is 0 Å². The number of hydrogen-bond acceptors (Lipinski definition) is 7. The second-order valence-electron chi connectivity index (χ2n) is 10.0. The van der Waals surface area contributed by atoms with Crippen LogP contribution < -0.4 is 0 Å². The number of rotatable bonds is 11. The van der Waals surface area contributed by atoms with Crippen LogP contribution in [-0.2, 0) is 19.6 Å². The van der Waals surface area contributed by atoms with Crippen molar-refractivity contribution in [1.29, 1.82) is 0 Å². The molecule has 0 spiro atoms. The SMILES string of the molecule is CCCCCCCN1C(=O)C(=Cc2cn(-c3ccccc3)nc2-c2cccc(S(=O)(=O)N3CCOCC3)c2)SC1=S. The van der Waals surface area contributed by atoms with E-state index in [0.29, 0.717) is 58.9 Å². The average Bonchev–Trinajstić information content (AvgIpc) is 3.54. The zero-order chi connectivity index (χ0) is 28.8. The van der Waals surface area contributed by atoms with Crippen LogP contribution in [0.2, 0.25) is 0 Å². The lowest BCUT2D eigenvalue weighted by molar-refractivity contribution is -0.122. The zero-order valence-electron chi connectivity index (χ0n) is 23.1. The number of unbranched alkanes of at least 4 members (excludes halogenated alkanes) is 4. The molecule has 1 aromatic heterocycles. The Balaban J connectivity index is 1.48. The Morgan fingerprint density at radius 3 is 2.54 bits per heavy atom. The number of thioether (sulfide) groups is 1. The highest BCUT2D eigenvalue weighted by atomic mass is 32.2. The van der Waals surface area contributed by atoms with Gasteiger partial charge in [-0.15, -0.1) is 0 Å². The van der Waals surface area contributed by atoms with E-state index in [0.717, 1.165) is 24.9 Å². The van der Waals surface area contributed by atoms with Gasteiger partial charge in [0, 0.05) is 37.0 Å². The van der Waals surface area contributed by atoms with Crippen molar-refractivity contribution in [2.24, 2.45) is 0 Å². The van der Waals surface area contributed by atoms with Crippen molar-refractivity contribution in [1.82, 2.24) is 19.0 Å². The number of hydrogen-bond donors (Lipinski definition) is 0. The molecule has 0 bridgehead atoms. The maximum Gasteiger partial charge on any atom is 0.266 e. The smallest absolute Gasteiger partial charge is 0.266 e. The molecular formula is C30H34N4O4S3. The molecule has 2 saturated heterocycles. The lowest BCUT2D eigenvalue weighted by Crippen LogP contribution is -2.40. The van der Waals surface area contributed by atoms with E-state index in [1.807, 2.05) is 48.7 Å². The van der Waals surface area contributed by atoms with Crippen LogP contribution in [0.3, 0.4) is 0 Å². The standard InChI is InChI=1S/C30H34N4O4S3/c1-2-3-4-5-9-15-33-29(35)27(40-30(33)39)21-24-22-34(25-12-7-6-8-13-25)31-28(24)23-11-10-14-26(20-23)41(36,37)32-16-18-38-19-17-32/h6-8,10-14,20-22H,2-5,9,15-19H2,1H3. The van der Waals surface area contributed by atoms with Gasteiger partial charge in [-0.25, -0.2) is 13.1 Å². The molecule has 2 aliphatic heterocycles. The Morgan fingerprint density at radius 2 is 1.78 bits per heavy atom. The molecule has 0 radical (unpaired) electrons. The van der Waals surface area contributed by atoms with Crippen molar-refractivity contribution in [3.8, 4) is 16.9 Å². The predicted octanol–water partition coefficient (Wildman–Crippen LogP) is 5.73. The number of ether oxygens (including phenoxy) is 1. The van der Waals surface area contributed by atoms with Crippen LogP contribution in [0.4, 0.5) is 0 Å². The largest absolute Gasteiger partial charge is 0.379 e. The summed E-state index contributed by atoms with van der Waals surface area (Å²) in [5, 5.41) is 4.85. The third-order valence-electron chi connectivity index (χ3n) is 7.12. The Labute approximate surface area is 251 Å². The molecule has 0 saturated carbocycles. The van der Waals surface area contributed by atoms with Crippen LogP contribution in [-0.4, -0.2) is 70.5 Å². The van der Waals surface area contributed by atoms with Crippen LogP contribution in [0.15, 0.2) is 70.6 Å². The van der Waals surface area contributed by atoms with Crippen molar-refractivity contribution in [3.63, 3.8) is 0 Å². The normalized spacial score (nSPS) is 17.6. The number of aromatic nitrogens is 2. The molecular weight excluding hydrogens is 577 g/mol. The summed E-state index contributed by atoms with van der Waals surface area (Å²) in [6, 6.07) is 16.5. The van der Waals surface area contributed by atoms with Crippen LogP contribution in [0, 0.1) is 0 Å². The van der Waals surface area contributed by atoms with Gasteiger partial charge < -0.3 is 4.74 Å². The van der Waals surface area contributed by atoms with Crippen LogP contribution in [0.1, 0.15) is 44.6 Å². The van der Waals surface area contributed by atoms with Gasteiger partial charge in [-0.2, -0.15) is 9.40 Å². The number of sulfonamides is 1. The summed E-state index contributed by atoms with van der Waals surface area (Å²) in [5.74, 6) is -0.0995. The Hall–Kier alpha value is -2.83. The summed E-state index contributed by atoms with van der Waals surface area (Å²) >= 11 is 6.86. The molecule has 5 rings (SSSR count). The Kier molecular flexibility index (Phi) is 9.72. The molecule has 41 heavy (non-hydrogen) atoms. The van der Waals surface area contributed by atoms with Crippen molar-refractivity contribution in [3.05, 3.63) is 71.3 Å². The number of para-hydroxylation sites is 1. The highest BCUT2D eigenvalue weighted by Gasteiger charge is 2.32. The topological polar surface area (TPSA) is 84.7 Å². The van der Waals surface area contributed by atoms with Crippen LogP contribution >= 0.6 is 24.0 Å². The van der Waals surface area contributed by atoms with Crippen molar-refractivity contribution in [2.75, 3.05) is 32.8 Å². The highest BCUT2D eigenvalue weighted by molar-refractivity contribution is 8.26. The third kappa shape index (κ3) is 6.81. The molecule has 0 N–H and O–H groups in total. The molecule has 3 aromatic rings. The first-order valence-corrected chi connectivity index (χ1v) is 16.6. The van der Waals surface area contributed by atoms with Gasteiger partial charge in [0.25, 0.3) is 5.91 Å². The minimum Gasteiger partial charge on any atom is -0.379 e.